The largest absolute Gasteiger partial charge is 0.353 e. The highest BCUT2D eigenvalue weighted by atomic mass is 35.5. The van der Waals surface area contributed by atoms with Crippen LogP contribution in [0.3, 0.4) is 0 Å². The smallest absolute Gasteiger partial charge is 0.237 e. The third-order valence-corrected chi connectivity index (χ3v) is 4.85. The van der Waals surface area contributed by atoms with Gasteiger partial charge < -0.3 is 11.1 Å². The van der Waals surface area contributed by atoms with E-state index in [9.17, 15) is 4.79 Å². The average molecular weight is 368 g/mol. The first-order valence-electron chi connectivity index (χ1n) is 7.19. The average Bonchev–Trinajstić information content (AvgIpc) is 2.84. The summed E-state index contributed by atoms with van der Waals surface area (Å²) in [5, 5.41) is 5.12. The molecule has 1 aromatic rings. The van der Waals surface area contributed by atoms with E-state index in [0.717, 1.165) is 26.1 Å². The fraction of sp³-hybridized carbons (Fsp3) is 0.667. The molecule has 1 amide bonds. The van der Waals surface area contributed by atoms with Gasteiger partial charge in [-0.1, -0.05) is 20.8 Å². The van der Waals surface area contributed by atoms with Crippen molar-refractivity contribution in [3.63, 3.8) is 0 Å². The minimum absolute atomic E-state index is 0. The maximum Gasteiger partial charge on any atom is 0.237 e. The number of fused-ring (bicyclic) bond motifs is 1. The Morgan fingerprint density at radius 2 is 2.14 bits per heavy atom. The summed E-state index contributed by atoms with van der Waals surface area (Å²) in [7, 11) is 0. The Balaban J connectivity index is 0.00000220. The molecule has 1 atom stereocenters. The molecule has 0 spiro atoms. The minimum atomic E-state index is -0.452. The van der Waals surface area contributed by atoms with Gasteiger partial charge in [0.1, 0.15) is 0 Å². The number of nitrogens with one attached hydrogen (secondary N) is 1. The summed E-state index contributed by atoms with van der Waals surface area (Å²) >= 11 is 1.85. The second-order valence-corrected chi connectivity index (χ2v) is 7.53. The molecule has 1 aliphatic heterocycles. The fourth-order valence-electron chi connectivity index (χ4n) is 2.34. The van der Waals surface area contributed by atoms with Gasteiger partial charge in [0, 0.05) is 31.1 Å². The first kappa shape index (κ1) is 21.7. The molecule has 3 N–H and O–H groups in total. The Kier molecular flexibility index (Phi) is 8.95. The van der Waals surface area contributed by atoms with Crippen molar-refractivity contribution in [3.8, 4) is 0 Å². The first-order chi connectivity index (χ1) is 9.38. The molecular weight excluding hydrogens is 341 g/mol. The minimum Gasteiger partial charge on any atom is -0.353 e. The number of thiophene rings is 1. The molecule has 22 heavy (non-hydrogen) atoms. The highest BCUT2D eigenvalue weighted by Crippen LogP contribution is 2.23. The fourth-order valence-corrected chi connectivity index (χ4v) is 3.23. The normalized spacial score (nSPS) is 16.0. The number of amides is 1. The molecule has 1 aromatic heterocycles. The number of nitrogens with two attached hydrogens (primary N) is 1. The van der Waals surface area contributed by atoms with E-state index in [4.69, 9.17) is 5.73 Å². The van der Waals surface area contributed by atoms with Crippen LogP contribution in [0.1, 0.15) is 31.2 Å². The van der Waals surface area contributed by atoms with Crippen LogP contribution in [0.25, 0.3) is 0 Å². The van der Waals surface area contributed by atoms with Gasteiger partial charge in [-0.3, -0.25) is 9.69 Å². The molecule has 0 saturated carbocycles. The molecule has 128 valence electrons. The lowest BCUT2D eigenvalue weighted by Crippen LogP contribution is -2.50. The van der Waals surface area contributed by atoms with Gasteiger partial charge >= 0.3 is 0 Å². The summed E-state index contributed by atoms with van der Waals surface area (Å²) in [4.78, 5) is 15.8. The van der Waals surface area contributed by atoms with Crippen molar-refractivity contribution in [2.75, 3.05) is 19.6 Å². The van der Waals surface area contributed by atoms with Crippen molar-refractivity contribution >= 4 is 42.1 Å². The van der Waals surface area contributed by atoms with Gasteiger partial charge in [-0.05, 0) is 28.8 Å². The van der Waals surface area contributed by atoms with E-state index < -0.39 is 6.04 Å². The highest BCUT2D eigenvalue weighted by molar-refractivity contribution is 7.10. The highest BCUT2D eigenvalue weighted by Gasteiger charge is 2.27. The van der Waals surface area contributed by atoms with Crippen molar-refractivity contribution in [1.82, 2.24) is 10.2 Å². The van der Waals surface area contributed by atoms with Gasteiger partial charge in [0.2, 0.25) is 5.91 Å². The van der Waals surface area contributed by atoms with Crippen molar-refractivity contribution in [2.24, 2.45) is 11.1 Å². The van der Waals surface area contributed by atoms with Gasteiger partial charge in [-0.25, -0.2) is 0 Å². The Bertz CT molecular complexity index is 474. The lowest BCUT2D eigenvalue weighted by atomic mass is 9.87. The van der Waals surface area contributed by atoms with Crippen LogP contribution < -0.4 is 11.1 Å². The molecule has 0 unspecified atom stereocenters. The van der Waals surface area contributed by atoms with Crippen LogP contribution in [0.5, 0.6) is 0 Å². The van der Waals surface area contributed by atoms with E-state index in [1.165, 1.54) is 10.4 Å². The van der Waals surface area contributed by atoms with Crippen LogP contribution in [0.15, 0.2) is 11.4 Å². The van der Waals surface area contributed by atoms with Crippen LogP contribution in [0.2, 0.25) is 0 Å². The Labute approximate surface area is 149 Å². The molecule has 4 nitrogen and oxygen atoms in total. The molecular formula is C15H27Cl2N3OS. The predicted octanol–water partition coefficient (Wildman–Crippen LogP) is 2.44. The predicted molar refractivity (Wildman–Crippen MR) is 98.2 cm³/mol. The Morgan fingerprint density at radius 3 is 2.77 bits per heavy atom. The van der Waals surface area contributed by atoms with E-state index in [1.807, 2.05) is 32.1 Å². The molecule has 0 saturated heterocycles. The molecule has 2 heterocycles. The number of hydrogen-bond donors (Lipinski definition) is 2. The maximum absolute atomic E-state index is 11.9. The van der Waals surface area contributed by atoms with E-state index in [1.54, 1.807) is 0 Å². The summed E-state index contributed by atoms with van der Waals surface area (Å²) in [6.07, 6.45) is 1.13. The topological polar surface area (TPSA) is 58.4 Å². The molecule has 0 bridgehead atoms. The maximum atomic E-state index is 11.9. The molecule has 7 heteroatoms. The summed E-state index contributed by atoms with van der Waals surface area (Å²) in [5.41, 5.74) is 7.19. The van der Waals surface area contributed by atoms with Gasteiger partial charge in [0.05, 0.1) is 6.04 Å². The van der Waals surface area contributed by atoms with Crippen molar-refractivity contribution in [3.05, 3.63) is 21.9 Å². The molecule has 0 radical (unpaired) electrons. The van der Waals surface area contributed by atoms with Crippen LogP contribution in [0.4, 0.5) is 0 Å². The van der Waals surface area contributed by atoms with Crippen molar-refractivity contribution in [2.45, 2.75) is 39.8 Å². The molecule has 1 aliphatic rings. The van der Waals surface area contributed by atoms with Gasteiger partial charge in [0.25, 0.3) is 0 Å². The van der Waals surface area contributed by atoms with Crippen molar-refractivity contribution in [1.29, 1.82) is 0 Å². The number of carbonyl (C=O) groups is 1. The van der Waals surface area contributed by atoms with Crippen LogP contribution in [0, 0.1) is 5.41 Å². The molecule has 0 aliphatic carbocycles. The van der Waals surface area contributed by atoms with Crippen LogP contribution >= 0.6 is 36.2 Å². The number of carbonyl (C=O) groups excluding carboxylic acids is 1. The van der Waals surface area contributed by atoms with E-state index >= 15 is 0 Å². The zero-order chi connectivity index (χ0) is 14.8. The standard InChI is InChI=1S/C15H25N3OS.2ClH/c1-15(2,3)13(16)14(19)17-6-8-18-7-4-12-11(10-18)5-9-20-12;;/h5,9,13H,4,6-8,10,16H2,1-3H3,(H,17,19);2*1H/t13-;;/m1../s1. The summed E-state index contributed by atoms with van der Waals surface area (Å²) in [6.45, 7) is 9.59. The van der Waals surface area contributed by atoms with E-state index in [0.29, 0.717) is 6.54 Å². The Hall–Kier alpha value is -0.330. The third-order valence-electron chi connectivity index (χ3n) is 3.83. The third kappa shape index (κ3) is 5.70. The van der Waals surface area contributed by atoms with Crippen molar-refractivity contribution < 1.29 is 4.79 Å². The number of nitrogens with zero attached hydrogens (tertiary/aromatic N) is 1. The van der Waals surface area contributed by atoms with Crippen LogP contribution in [-0.2, 0) is 17.8 Å². The zero-order valence-corrected chi connectivity index (χ0v) is 15.9. The Morgan fingerprint density at radius 1 is 1.45 bits per heavy atom. The van der Waals surface area contributed by atoms with Gasteiger partial charge in [-0.2, -0.15) is 0 Å². The first-order valence-corrected chi connectivity index (χ1v) is 8.07. The summed E-state index contributed by atoms with van der Waals surface area (Å²) in [5.74, 6) is -0.0502. The molecule has 0 aromatic carbocycles. The number of hydrogen-bond acceptors (Lipinski definition) is 4. The second-order valence-electron chi connectivity index (χ2n) is 6.53. The zero-order valence-electron chi connectivity index (χ0n) is 13.4. The van der Waals surface area contributed by atoms with E-state index in [2.05, 4.69) is 21.7 Å². The summed E-state index contributed by atoms with van der Waals surface area (Å²) in [6, 6.07) is 1.76. The number of rotatable bonds is 4. The van der Waals surface area contributed by atoms with Gasteiger partial charge in [-0.15, -0.1) is 36.2 Å². The number of halogens is 2. The molecule has 2 rings (SSSR count). The monoisotopic (exact) mass is 367 g/mol. The summed E-state index contributed by atoms with van der Waals surface area (Å²) < 4.78 is 0. The lowest BCUT2D eigenvalue weighted by molar-refractivity contribution is -0.124. The van der Waals surface area contributed by atoms with Crippen LogP contribution in [-0.4, -0.2) is 36.5 Å². The lowest BCUT2D eigenvalue weighted by Gasteiger charge is -2.28. The second kappa shape index (κ2) is 9.08. The van der Waals surface area contributed by atoms with Gasteiger partial charge in [0.15, 0.2) is 0 Å². The SMILES string of the molecule is CC(C)(C)[C@H](N)C(=O)NCCN1CCc2sccc2C1.Cl.Cl. The quantitative estimate of drug-likeness (QED) is 0.858. The molecule has 0 fully saturated rings. The van der Waals surface area contributed by atoms with E-state index in [-0.39, 0.29) is 36.1 Å².